The molecule has 0 aromatic carbocycles. The molecule has 2 heterocycles. The van der Waals surface area contributed by atoms with E-state index in [-0.39, 0.29) is 12.1 Å². The molecule has 1 fully saturated rings. The van der Waals surface area contributed by atoms with E-state index in [1.54, 1.807) is 4.58 Å². The third kappa shape index (κ3) is 3.79. The van der Waals surface area contributed by atoms with Crippen LogP contribution in [0, 0.1) is 0 Å². The van der Waals surface area contributed by atoms with Crippen LogP contribution in [0.25, 0.3) is 0 Å². The molecule has 2 amide bonds. The van der Waals surface area contributed by atoms with Gasteiger partial charge >= 0.3 is 6.03 Å². The first-order valence-corrected chi connectivity index (χ1v) is 10.2. The van der Waals surface area contributed by atoms with Crippen LogP contribution in [0.5, 0.6) is 0 Å². The van der Waals surface area contributed by atoms with Gasteiger partial charge in [0.2, 0.25) is 12.0 Å². The molecular formula is C14H25N3O4P+. The van der Waals surface area contributed by atoms with Gasteiger partial charge in [0, 0.05) is 7.11 Å². The van der Waals surface area contributed by atoms with Gasteiger partial charge in [-0.15, -0.1) is 13.2 Å². The summed E-state index contributed by atoms with van der Waals surface area (Å²) < 4.78 is 13.0. The number of ether oxygens (including phenoxy) is 2. The fourth-order valence-corrected chi connectivity index (χ4v) is 3.53. The highest BCUT2D eigenvalue weighted by molar-refractivity contribution is 7.72. The maximum atomic E-state index is 11.3. The molecule has 0 aromatic heterocycles. The molecule has 0 radical (unpaired) electrons. The first kappa shape index (κ1) is 17.2. The Bertz CT molecular complexity index is 542. The van der Waals surface area contributed by atoms with Gasteiger partial charge in [-0.05, 0) is 32.5 Å². The van der Waals surface area contributed by atoms with Gasteiger partial charge in [-0.25, -0.2) is 20.0 Å². The molecule has 2 aliphatic rings. The molecule has 0 saturated carbocycles. The van der Waals surface area contributed by atoms with E-state index in [0.29, 0.717) is 5.82 Å². The Hall–Kier alpha value is -1.14. The molecule has 0 aliphatic carbocycles. The van der Waals surface area contributed by atoms with E-state index in [1.165, 1.54) is 13.4 Å². The predicted molar refractivity (Wildman–Crippen MR) is 88.0 cm³/mol. The molecular weight excluding hydrogens is 305 g/mol. The molecule has 1 saturated heterocycles. The standard InChI is InChI=1S/C14H24N3O4P/c1-9-16-14(19)15-8-17(9)13-12(20-2)11(18)10(21-13)6-7-22(3,4)5/h8,10-13,18H,1,3,6-7H2,2,4-5H3,(H,16,19)/p+1/t10-,11-,12-,13-/m1/s1. The van der Waals surface area contributed by atoms with Crippen LogP contribution < -0.4 is 10.6 Å². The number of carbonyl (C=O) groups is 1. The second-order valence-corrected chi connectivity index (χ2v) is 10.6. The third-order valence-electron chi connectivity index (χ3n) is 3.78. The molecule has 3 N–H and O–H groups in total. The van der Waals surface area contributed by atoms with Crippen LogP contribution in [0.4, 0.5) is 4.79 Å². The lowest BCUT2D eigenvalue weighted by molar-refractivity contribution is -0.580. The number of aliphatic hydroxyl groups excluding tert-OH is 1. The van der Waals surface area contributed by atoms with Gasteiger partial charge in [-0.3, -0.25) is 0 Å². The Morgan fingerprint density at radius 3 is 2.77 bits per heavy atom. The molecule has 8 heteroatoms. The monoisotopic (exact) mass is 330 g/mol. The van der Waals surface area contributed by atoms with Crippen molar-refractivity contribution in [1.82, 2.24) is 10.6 Å². The number of hydrogen-bond donors (Lipinski definition) is 3. The van der Waals surface area contributed by atoms with Crippen LogP contribution in [0.3, 0.4) is 0 Å². The van der Waals surface area contributed by atoms with E-state index in [4.69, 9.17) is 9.47 Å². The molecule has 0 aromatic rings. The van der Waals surface area contributed by atoms with Gasteiger partial charge in [-0.2, -0.15) is 0 Å². The highest BCUT2D eigenvalue weighted by Gasteiger charge is 2.48. The summed E-state index contributed by atoms with van der Waals surface area (Å²) in [5, 5.41) is 15.6. The average molecular weight is 330 g/mol. The first-order chi connectivity index (χ1) is 10.2. The average Bonchev–Trinajstić information content (AvgIpc) is 2.72. The van der Waals surface area contributed by atoms with Gasteiger partial charge in [0.15, 0.2) is 6.34 Å². The van der Waals surface area contributed by atoms with E-state index >= 15 is 0 Å². The summed E-state index contributed by atoms with van der Waals surface area (Å²) >= 11 is 0. The number of methoxy groups -OCH3 is 1. The largest absolute Gasteiger partial charge is 0.440 e. The Morgan fingerprint density at radius 1 is 1.55 bits per heavy atom. The Labute approximate surface area is 131 Å². The molecule has 2 aliphatic heterocycles. The fourth-order valence-electron chi connectivity index (χ4n) is 2.58. The zero-order valence-corrected chi connectivity index (χ0v) is 14.2. The van der Waals surface area contributed by atoms with Crippen molar-refractivity contribution in [1.29, 1.82) is 0 Å². The number of rotatable bonds is 5. The maximum absolute atomic E-state index is 11.3. The van der Waals surface area contributed by atoms with Crippen LogP contribution in [0.1, 0.15) is 6.42 Å². The number of urea groups is 1. The number of nitrogens with zero attached hydrogens (tertiary/aromatic N) is 1. The summed E-state index contributed by atoms with van der Waals surface area (Å²) in [6.07, 6.45) is 5.18. The lowest BCUT2D eigenvalue weighted by Gasteiger charge is -2.23. The van der Waals surface area contributed by atoms with Crippen LogP contribution in [-0.2, 0) is 9.47 Å². The van der Waals surface area contributed by atoms with Gasteiger partial charge in [-0.1, -0.05) is 0 Å². The molecule has 4 atom stereocenters. The second-order valence-electron chi connectivity index (χ2n) is 6.29. The Balaban J connectivity index is 2.13. The number of nitrogens with one attached hydrogen (secondary N) is 2. The molecule has 22 heavy (non-hydrogen) atoms. The van der Waals surface area contributed by atoms with E-state index in [1.807, 2.05) is 0 Å². The fraction of sp³-hybridized carbons (Fsp3) is 0.643. The van der Waals surface area contributed by atoms with E-state index in [9.17, 15) is 9.90 Å². The number of hydrogen-bond acceptors (Lipinski definition) is 4. The van der Waals surface area contributed by atoms with E-state index < -0.39 is 25.3 Å². The van der Waals surface area contributed by atoms with Crippen molar-refractivity contribution in [2.24, 2.45) is 0 Å². The quantitative estimate of drug-likeness (QED) is 0.490. The Morgan fingerprint density at radius 2 is 2.23 bits per heavy atom. The smallest absolute Gasteiger partial charge is 0.387 e. The van der Waals surface area contributed by atoms with Crippen molar-refractivity contribution in [3.63, 3.8) is 0 Å². The van der Waals surface area contributed by atoms with Crippen molar-refractivity contribution in [3.05, 3.63) is 12.4 Å². The van der Waals surface area contributed by atoms with Crippen molar-refractivity contribution >= 4 is 25.6 Å². The molecule has 7 nitrogen and oxygen atoms in total. The molecule has 124 valence electrons. The predicted octanol–water partition coefficient (Wildman–Crippen LogP) is 0.0113. The second kappa shape index (κ2) is 6.54. The van der Waals surface area contributed by atoms with Crippen molar-refractivity contribution in [2.45, 2.75) is 31.0 Å². The molecule has 0 bridgehead atoms. The number of carbonyl (C=O) groups excluding carboxylic acids is 1. The highest BCUT2D eigenvalue weighted by atomic mass is 31.2. The van der Waals surface area contributed by atoms with Crippen LogP contribution >= 0.6 is 6.89 Å². The van der Waals surface area contributed by atoms with Crippen LogP contribution in [-0.4, -0.2) is 79.5 Å². The van der Waals surface area contributed by atoms with Gasteiger partial charge < -0.3 is 14.6 Å². The summed E-state index contributed by atoms with van der Waals surface area (Å²) in [7, 11) is 1.53. The summed E-state index contributed by atoms with van der Waals surface area (Å²) in [5.74, 6) is 0.383. The van der Waals surface area contributed by atoms with E-state index in [0.717, 1.165) is 12.6 Å². The third-order valence-corrected chi connectivity index (χ3v) is 5.25. The van der Waals surface area contributed by atoms with Gasteiger partial charge in [0.1, 0.15) is 12.2 Å². The SMILES string of the molecule is C=C1NC(=O)NC=[N+]1[C@@H]1O[C@H](CCP(=C)(C)C)[C@@H](O)[C@H]1OC. The summed E-state index contributed by atoms with van der Waals surface area (Å²) in [6, 6.07) is -0.353. The van der Waals surface area contributed by atoms with Crippen molar-refractivity contribution in [2.75, 3.05) is 26.6 Å². The zero-order chi connectivity index (χ0) is 16.5. The minimum absolute atomic E-state index is 0.324. The minimum Gasteiger partial charge on any atom is -0.387 e. The highest BCUT2D eigenvalue weighted by Crippen LogP contribution is 2.38. The van der Waals surface area contributed by atoms with Crippen LogP contribution in [0.15, 0.2) is 12.4 Å². The van der Waals surface area contributed by atoms with Crippen molar-refractivity contribution < 1.29 is 24.0 Å². The lowest BCUT2D eigenvalue weighted by atomic mass is 10.1. The molecule has 0 unspecified atom stereocenters. The van der Waals surface area contributed by atoms with Gasteiger partial charge in [0.25, 0.3) is 0 Å². The minimum atomic E-state index is -1.19. The lowest BCUT2D eigenvalue weighted by Crippen LogP contribution is -2.51. The summed E-state index contributed by atoms with van der Waals surface area (Å²) in [5.41, 5.74) is 0. The Kier molecular flexibility index (Phi) is 5.12. The molecule has 2 rings (SSSR count). The van der Waals surface area contributed by atoms with E-state index in [2.05, 4.69) is 36.8 Å². The zero-order valence-electron chi connectivity index (χ0n) is 13.3. The van der Waals surface area contributed by atoms with Crippen LogP contribution in [0.2, 0.25) is 0 Å². The topological polar surface area (TPSA) is 82.8 Å². The molecule has 0 spiro atoms. The first-order valence-electron chi connectivity index (χ1n) is 7.15. The van der Waals surface area contributed by atoms with Gasteiger partial charge in [0.05, 0.1) is 6.10 Å². The van der Waals surface area contributed by atoms with Crippen molar-refractivity contribution in [3.8, 4) is 0 Å². The summed E-state index contributed by atoms with van der Waals surface area (Å²) in [4.78, 5) is 11.3. The maximum Gasteiger partial charge on any atom is 0.440 e. The number of aliphatic hydroxyl groups is 1. The number of amides is 2. The summed E-state index contributed by atoms with van der Waals surface area (Å²) in [6.45, 7) is 6.91. The normalized spacial score (nSPS) is 32.5.